The summed E-state index contributed by atoms with van der Waals surface area (Å²) in [6.45, 7) is 7.33. The summed E-state index contributed by atoms with van der Waals surface area (Å²) in [6.07, 6.45) is 2.25. The Bertz CT molecular complexity index is 527. The predicted octanol–water partition coefficient (Wildman–Crippen LogP) is 3.98. The Morgan fingerprint density at radius 2 is 1.96 bits per heavy atom. The maximum atomic E-state index is 12.5. The molecule has 1 aliphatic heterocycles. The van der Waals surface area contributed by atoms with E-state index in [0.29, 0.717) is 5.02 Å². The van der Waals surface area contributed by atoms with Crippen molar-refractivity contribution in [2.45, 2.75) is 57.1 Å². The standard InChI is InChI=1S/C17H26ClNO3S/c1-17(2,3)23(20)19-15(13-7-4-5-8-14(13)18)9-10-16-21-11-6-12-22-16/h4-5,7-8,15-16,19H,6,9-12H2,1-3H3/t15-,23?/m0/s1. The summed E-state index contributed by atoms with van der Waals surface area (Å²) in [5, 5.41) is 0.682. The Balaban J connectivity index is 2.07. The second kappa shape index (κ2) is 8.58. The lowest BCUT2D eigenvalue weighted by atomic mass is 10.0. The number of halogens is 1. The first-order valence-corrected chi connectivity index (χ1v) is 9.56. The molecule has 0 aliphatic carbocycles. The molecule has 1 saturated heterocycles. The van der Waals surface area contributed by atoms with Gasteiger partial charge in [-0.05, 0) is 45.2 Å². The van der Waals surface area contributed by atoms with Gasteiger partial charge in [0.05, 0.1) is 28.9 Å². The van der Waals surface area contributed by atoms with Crippen LogP contribution in [0.5, 0.6) is 0 Å². The van der Waals surface area contributed by atoms with E-state index in [1.165, 1.54) is 0 Å². The lowest BCUT2D eigenvalue weighted by Gasteiger charge is -2.28. The van der Waals surface area contributed by atoms with Gasteiger partial charge in [0.15, 0.2) is 6.29 Å². The second-order valence-corrected chi connectivity index (χ2v) is 9.08. The van der Waals surface area contributed by atoms with Crippen LogP contribution in [0, 0.1) is 0 Å². The summed E-state index contributed by atoms with van der Waals surface area (Å²) in [4.78, 5) is 0. The van der Waals surface area contributed by atoms with Crippen LogP contribution in [0.1, 0.15) is 51.6 Å². The summed E-state index contributed by atoms with van der Waals surface area (Å²) in [5.41, 5.74) is 0.961. The molecule has 0 spiro atoms. The molecule has 6 heteroatoms. The summed E-state index contributed by atoms with van der Waals surface area (Å²) in [5.74, 6) is 0. The molecule has 0 saturated carbocycles. The van der Waals surface area contributed by atoms with Crippen molar-refractivity contribution in [1.82, 2.24) is 4.72 Å². The second-order valence-electron chi connectivity index (χ2n) is 6.68. The quantitative estimate of drug-likeness (QED) is 0.835. The lowest BCUT2D eigenvalue weighted by Crippen LogP contribution is -2.36. The minimum atomic E-state index is -1.17. The first-order valence-electron chi connectivity index (χ1n) is 8.03. The molecule has 0 bridgehead atoms. The fourth-order valence-corrected chi connectivity index (χ4v) is 3.47. The molecule has 130 valence electrons. The molecule has 1 aromatic rings. The highest BCUT2D eigenvalue weighted by Gasteiger charge is 2.26. The molecule has 23 heavy (non-hydrogen) atoms. The Hall–Kier alpha value is -0.460. The fourth-order valence-electron chi connectivity index (χ4n) is 2.35. The predicted molar refractivity (Wildman–Crippen MR) is 94.8 cm³/mol. The highest BCUT2D eigenvalue weighted by Crippen LogP contribution is 2.29. The molecule has 1 heterocycles. The molecular weight excluding hydrogens is 334 g/mol. The maximum Gasteiger partial charge on any atom is 0.157 e. The molecule has 0 amide bonds. The maximum absolute atomic E-state index is 12.5. The molecule has 0 aromatic heterocycles. The molecule has 1 aliphatic rings. The van der Waals surface area contributed by atoms with E-state index < -0.39 is 11.0 Å². The third-order valence-corrected chi connectivity index (χ3v) is 5.63. The molecule has 2 atom stereocenters. The molecule has 4 nitrogen and oxygen atoms in total. The number of hydrogen-bond acceptors (Lipinski definition) is 3. The van der Waals surface area contributed by atoms with Gasteiger partial charge in [0.2, 0.25) is 0 Å². The van der Waals surface area contributed by atoms with Crippen LogP contribution in [0.15, 0.2) is 24.3 Å². The SMILES string of the molecule is CC(C)(C)S(=O)N[C@@H](CCC1OCCCO1)c1ccccc1Cl. The normalized spacial score (nSPS) is 19.5. The zero-order chi connectivity index (χ0) is 16.9. The van der Waals surface area contributed by atoms with Crippen molar-refractivity contribution in [2.24, 2.45) is 0 Å². The third-order valence-electron chi connectivity index (χ3n) is 3.67. The minimum absolute atomic E-state index is 0.0992. The van der Waals surface area contributed by atoms with Gasteiger partial charge in [-0.1, -0.05) is 29.8 Å². The molecule has 1 fully saturated rings. The summed E-state index contributed by atoms with van der Waals surface area (Å²) in [6, 6.07) is 7.58. The van der Waals surface area contributed by atoms with Gasteiger partial charge in [0.1, 0.15) is 0 Å². The van der Waals surface area contributed by atoms with Gasteiger partial charge in [-0.15, -0.1) is 0 Å². The van der Waals surface area contributed by atoms with Crippen molar-refractivity contribution in [3.8, 4) is 0 Å². The zero-order valence-corrected chi connectivity index (χ0v) is 15.6. The average molecular weight is 360 g/mol. The highest BCUT2D eigenvalue weighted by molar-refractivity contribution is 7.84. The zero-order valence-electron chi connectivity index (χ0n) is 14.0. The Labute approximate surface area is 146 Å². The number of nitrogens with one attached hydrogen (secondary N) is 1. The fraction of sp³-hybridized carbons (Fsp3) is 0.647. The van der Waals surface area contributed by atoms with Crippen LogP contribution in [0.4, 0.5) is 0 Å². The van der Waals surface area contributed by atoms with Crippen LogP contribution < -0.4 is 4.72 Å². The number of rotatable bonds is 6. The van der Waals surface area contributed by atoms with Crippen molar-refractivity contribution in [1.29, 1.82) is 0 Å². The smallest absolute Gasteiger partial charge is 0.157 e. The average Bonchev–Trinajstić information content (AvgIpc) is 2.52. The van der Waals surface area contributed by atoms with Gasteiger partial charge >= 0.3 is 0 Å². The van der Waals surface area contributed by atoms with Gasteiger partial charge in [-0.3, -0.25) is 0 Å². The molecule has 1 N–H and O–H groups in total. The molecular formula is C17H26ClNO3S. The van der Waals surface area contributed by atoms with Crippen molar-refractivity contribution in [2.75, 3.05) is 13.2 Å². The van der Waals surface area contributed by atoms with Crippen molar-refractivity contribution in [3.63, 3.8) is 0 Å². The van der Waals surface area contributed by atoms with E-state index in [1.807, 2.05) is 45.0 Å². The number of hydrogen-bond donors (Lipinski definition) is 1. The molecule has 0 radical (unpaired) electrons. The van der Waals surface area contributed by atoms with Gasteiger partial charge in [0.25, 0.3) is 0 Å². The highest BCUT2D eigenvalue weighted by atomic mass is 35.5. The van der Waals surface area contributed by atoms with Gasteiger partial charge in [-0.2, -0.15) is 0 Å². The van der Waals surface area contributed by atoms with Crippen molar-refractivity contribution >= 4 is 22.6 Å². The largest absolute Gasteiger partial charge is 0.353 e. The van der Waals surface area contributed by atoms with E-state index in [4.69, 9.17) is 21.1 Å². The van der Waals surface area contributed by atoms with E-state index >= 15 is 0 Å². The van der Waals surface area contributed by atoms with Crippen molar-refractivity contribution < 1.29 is 13.7 Å². The summed E-state index contributed by atoms with van der Waals surface area (Å²) in [7, 11) is -1.17. The molecule has 2 rings (SSSR count). The molecule has 1 unspecified atom stereocenters. The topological polar surface area (TPSA) is 47.6 Å². The third kappa shape index (κ3) is 5.84. The van der Waals surface area contributed by atoms with E-state index in [1.54, 1.807) is 0 Å². The number of ether oxygens (including phenoxy) is 2. The van der Waals surface area contributed by atoms with Gasteiger partial charge in [0, 0.05) is 17.5 Å². The first kappa shape index (κ1) is 18.9. The van der Waals surface area contributed by atoms with E-state index in [-0.39, 0.29) is 17.1 Å². The Morgan fingerprint density at radius 1 is 1.30 bits per heavy atom. The first-order chi connectivity index (χ1) is 10.9. The lowest BCUT2D eigenvalue weighted by molar-refractivity contribution is -0.182. The van der Waals surface area contributed by atoms with E-state index in [2.05, 4.69) is 4.72 Å². The minimum Gasteiger partial charge on any atom is -0.353 e. The van der Waals surface area contributed by atoms with Crippen LogP contribution >= 0.6 is 11.6 Å². The van der Waals surface area contributed by atoms with Crippen LogP contribution in [0.25, 0.3) is 0 Å². The van der Waals surface area contributed by atoms with Gasteiger partial charge in [-0.25, -0.2) is 8.93 Å². The van der Waals surface area contributed by atoms with Crippen LogP contribution in [-0.2, 0) is 20.5 Å². The Morgan fingerprint density at radius 3 is 2.57 bits per heavy atom. The van der Waals surface area contributed by atoms with Crippen LogP contribution in [0.3, 0.4) is 0 Å². The molecule has 1 aromatic carbocycles. The Kier molecular flexibility index (Phi) is 7.04. The van der Waals surface area contributed by atoms with Crippen LogP contribution in [-0.4, -0.2) is 28.5 Å². The van der Waals surface area contributed by atoms with E-state index in [0.717, 1.165) is 38.0 Å². The van der Waals surface area contributed by atoms with E-state index in [9.17, 15) is 4.21 Å². The van der Waals surface area contributed by atoms with Crippen LogP contribution in [0.2, 0.25) is 5.02 Å². The monoisotopic (exact) mass is 359 g/mol. The van der Waals surface area contributed by atoms with Crippen molar-refractivity contribution in [3.05, 3.63) is 34.9 Å². The summed E-state index contributed by atoms with van der Waals surface area (Å²) < 4.78 is 26.6. The van der Waals surface area contributed by atoms with Gasteiger partial charge < -0.3 is 9.47 Å². The summed E-state index contributed by atoms with van der Waals surface area (Å²) >= 11 is 6.34. The number of benzene rings is 1.